The molecule has 1 saturated carbocycles. The van der Waals surface area contributed by atoms with Crippen LogP contribution in [0.15, 0.2) is 0 Å². The van der Waals surface area contributed by atoms with Crippen molar-refractivity contribution in [3.63, 3.8) is 0 Å². The van der Waals surface area contributed by atoms with E-state index in [1.165, 1.54) is 25.7 Å². The number of ether oxygens (including phenoxy) is 1. The summed E-state index contributed by atoms with van der Waals surface area (Å²) >= 11 is 0. The molecule has 0 amide bonds. The van der Waals surface area contributed by atoms with Crippen molar-refractivity contribution in [2.45, 2.75) is 64.0 Å². The van der Waals surface area contributed by atoms with Crippen molar-refractivity contribution in [2.24, 2.45) is 5.92 Å². The zero-order valence-electron chi connectivity index (χ0n) is 12.0. The molecular weight excluding hydrogens is 242 g/mol. The van der Waals surface area contributed by atoms with Crippen molar-refractivity contribution >= 4 is 5.97 Å². The minimum Gasteiger partial charge on any atom is -0.480 e. The van der Waals surface area contributed by atoms with Gasteiger partial charge in [0.05, 0.1) is 0 Å². The average molecular weight is 269 g/mol. The lowest BCUT2D eigenvalue weighted by molar-refractivity contribution is -0.148. The normalized spacial score (nSPS) is 31.9. The highest BCUT2D eigenvalue weighted by molar-refractivity contribution is 5.73. The van der Waals surface area contributed by atoms with Crippen LogP contribution in [0.5, 0.6) is 0 Å². The molecular formula is C15H27NO3. The van der Waals surface area contributed by atoms with Crippen molar-refractivity contribution < 1.29 is 14.6 Å². The molecule has 1 heterocycles. The van der Waals surface area contributed by atoms with Crippen molar-refractivity contribution in [2.75, 3.05) is 19.8 Å². The molecule has 0 aromatic heterocycles. The summed E-state index contributed by atoms with van der Waals surface area (Å²) in [5.74, 6) is 0.0943. The van der Waals surface area contributed by atoms with Crippen LogP contribution in [0, 0.1) is 5.92 Å². The lowest BCUT2D eigenvalue weighted by atomic mass is 9.76. The molecule has 0 bridgehead atoms. The third kappa shape index (κ3) is 3.69. The van der Waals surface area contributed by atoms with Gasteiger partial charge in [-0.2, -0.15) is 0 Å². The first kappa shape index (κ1) is 14.8. The van der Waals surface area contributed by atoms with Crippen molar-refractivity contribution in [3.8, 4) is 0 Å². The summed E-state index contributed by atoms with van der Waals surface area (Å²) in [6.45, 7) is 4.36. The maximum Gasteiger partial charge on any atom is 0.320 e. The van der Waals surface area contributed by atoms with Crippen LogP contribution < -0.4 is 0 Å². The van der Waals surface area contributed by atoms with Crippen LogP contribution in [0.1, 0.15) is 51.9 Å². The summed E-state index contributed by atoms with van der Waals surface area (Å²) in [4.78, 5) is 13.7. The van der Waals surface area contributed by atoms with Crippen LogP contribution in [-0.2, 0) is 9.53 Å². The Labute approximate surface area is 116 Å². The third-order valence-corrected chi connectivity index (χ3v) is 4.70. The highest BCUT2D eigenvalue weighted by Gasteiger charge is 2.40. The number of nitrogens with zero attached hydrogens (tertiary/aromatic N) is 1. The Balaban J connectivity index is 1.95. The Morgan fingerprint density at radius 2 is 2.05 bits per heavy atom. The van der Waals surface area contributed by atoms with Gasteiger partial charge in [-0.15, -0.1) is 0 Å². The molecule has 1 aliphatic carbocycles. The SMILES string of the molecule is CCOCCCN1C(C(=O)O)CCC2CCCCC21. The van der Waals surface area contributed by atoms with Gasteiger partial charge in [0.1, 0.15) is 6.04 Å². The molecule has 3 unspecified atom stereocenters. The molecule has 110 valence electrons. The molecule has 2 fully saturated rings. The number of rotatable bonds is 6. The Morgan fingerprint density at radius 3 is 2.79 bits per heavy atom. The fourth-order valence-corrected chi connectivity index (χ4v) is 3.81. The minimum absolute atomic E-state index is 0.263. The monoisotopic (exact) mass is 269 g/mol. The highest BCUT2D eigenvalue weighted by Crippen LogP contribution is 2.37. The largest absolute Gasteiger partial charge is 0.480 e. The fourth-order valence-electron chi connectivity index (χ4n) is 3.81. The predicted molar refractivity (Wildman–Crippen MR) is 74.2 cm³/mol. The van der Waals surface area contributed by atoms with Gasteiger partial charge in [-0.05, 0) is 44.9 Å². The predicted octanol–water partition coefficient (Wildman–Crippen LogP) is 2.52. The van der Waals surface area contributed by atoms with Gasteiger partial charge < -0.3 is 9.84 Å². The number of piperidine rings is 1. The van der Waals surface area contributed by atoms with Gasteiger partial charge in [0.15, 0.2) is 0 Å². The minimum atomic E-state index is -0.638. The van der Waals surface area contributed by atoms with E-state index in [0.717, 1.165) is 44.9 Å². The maximum atomic E-state index is 11.5. The van der Waals surface area contributed by atoms with Crippen molar-refractivity contribution in [3.05, 3.63) is 0 Å². The summed E-state index contributed by atoms with van der Waals surface area (Å²) in [6.07, 6.45) is 7.93. The number of carbonyl (C=O) groups is 1. The number of carboxylic acid groups (broad SMARTS) is 1. The molecule has 0 spiro atoms. The summed E-state index contributed by atoms with van der Waals surface area (Å²) in [7, 11) is 0. The third-order valence-electron chi connectivity index (χ3n) is 4.70. The molecule has 4 nitrogen and oxygen atoms in total. The molecule has 0 radical (unpaired) electrons. The molecule has 1 aliphatic heterocycles. The van der Waals surface area contributed by atoms with Crippen LogP contribution in [-0.4, -0.2) is 47.8 Å². The Bertz CT molecular complexity index is 295. The molecule has 1 saturated heterocycles. The summed E-state index contributed by atoms with van der Waals surface area (Å²) in [5, 5.41) is 9.43. The van der Waals surface area contributed by atoms with E-state index in [1.54, 1.807) is 0 Å². The summed E-state index contributed by atoms with van der Waals surface area (Å²) in [5.41, 5.74) is 0. The molecule has 19 heavy (non-hydrogen) atoms. The Kier molecular flexibility index (Phi) is 5.64. The zero-order valence-corrected chi connectivity index (χ0v) is 12.0. The maximum absolute atomic E-state index is 11.5. The lowest BCUT2D eigenvalue weighted by Crippen LogP contribution is -2.55. The van der Waals surface area contributed by atoms with E-state index in [4.69, 9.17) is 4.74 Å². The van der Waals surface area contributed by atoms with Gasteiger partial charge in [0.2, 0.25) is 0 Å². The number of hydrogen-bond acceptors (Lipinski definition) is 3. The van der Waals surface area contributed by atoms with E-state index >= 15 is 0 Å². The second-order valence-corrected chi connectivity index (χ2v) is 5.83. The van der Waals surface area contributed by atoms with Crippen LogP contribution >= 0.6 is 0 Å². The second kappa shape index (κ2) is 7.25. The van der Waals surface area contributed by atoms with Gasteiger partial charge in [-0.1, -0.05) is 12.8 Å². The second-order valence-electron chi connectivity index (χ2n) is 5.83. The molecule has 4 heteroatoms. The lowest BCUT2D eigenvalue weighted by Gasteiger charge is -2.47. The van der Waals surface area contributed by atoms with E-state index in [2.05, 4.69) is 4.90 Å². The number of fused-ring (bicyclic) bond motifs is 1. The zero-order chi connectivity index (χ0) is 13.7. The van der Waals surface area contributed by atoms with Gasteiger partial charge in [-0.25, -0.2) is 0 Å². The molecule has 2 rings (SSSR count). The first-order valence-corrected chi connectivity index (χ1v) is 7.80. The molecule has 3 atom stereocenters. The fraction of sp³-hybridized carbons (Fsp3) is 0.933. The molecule has 0 aromatic carbocycles. The molecule has 0 aromatic rings. The number of carboxylic acids is 1. The topological polar surface area (TPSA) is 49.8 Å². The van der Waals surface area contributed by atoms with Gasteiger partial charge >= 0.3 is 5.97 Å². The Morgan fingerprint density at radius 1 is 1.26 bits per heavy atom. The van der Waals surface area contributed by atoms with Crippen LogP contribution in [0.25, 0.3) is 0 Å². The van der Waals surface area contributed by atoms with E-state index in [0.29, 0.717) is 6.04 Å². The summed E-state index contributed by atoms with van der Waals surface area (Å²) in [6, 6.07) is 0.242. The smallest absolute Gasteiger partial charge is 0.320 e. The van der Waals surface area contributed by atoms with Crippen LogP contribution in [0.3, 0.4) is 0 Å². The number of aliphatic carboxylic acids is 1. The van der Waals surface area contributed by atoms with Crippen LogP contribution in [0.2, 0.25) is 0 Å². The van der Waals surface area contributed by atoms with Crippen LogP contribution in [0.4, 0.5) is 0 Å². The molecule has 1 N–H and O–H groups in total. The van der Waals surface area contributed by atoms with Gasteiger partial charge in [0.25, 0.3) is 0 Å². The number of hydrogen-bond donors (Lipinski definition) is 1. The molecule has 2 aliphatic rings. The van der Waals surface area contributed by atoms with Gasteiger partial charge in [-0.3, -0.25) is 9.69 Å². The van der Waals surface area contributed by atoms with Gasteiger partial charge in [0, 0.05) is 25.8 Å². The Hall–Kier alpha value is -0.610. The quantitative estimate of drug-likeness (QED) is 0.753. The van der Waals surface area contributed by atoms with Crippen molar-refractivity contribution in [1.82, 2.24) is 4.90 Å². The van der Waals surface area contributed by atoms with E-state index in [-0.39, 0.29) is 6.04 Å². The van der Waals surface area contributed by atoms with E-state index in [1.807, 2.05) is 6.92 Å². The first-order valence-electron chi connectivity index (χ1n) is 7.80. The first-order chi connectivity index (χ1) is 9.24. The summed E-state index contributed by atoms with van der Waals surface area (Å²) < 4.78 is 5.38. The highest BCUT2D eigenvalue weighted by atomic mass is 16.5. The number of likely N-dealkylation sites (tertiary alicyclic amines) is 1. The van der Waals surface area contributed by atoms with E-state index in [9.17, 15) is 9.90 Å². The van der Waals surface area contributed by atoms with E-state index < -0.39 is 5.97 Å². The standard InChI is InChI=1S/C15H27NO3/c1-2-19-11-5-10-16-13-7-4-3-6-12(13)8-9-14(16)15(17)18/h12-14H,2-11H2,1H3,(H,17,18). The van der Waals surface area contributed by atoms with Crippen molar-refractivity contribution in [1.29, 1.82) is 0 Å². The average Bonchev–Trinajstić information content (AvgIpc) is 2.43.